The van der Waals surface area contributed by atoms with E-state index >= 15 is 0 Å². The molecule has 0 saturated heterocycles. The molecule has 0 fully saturated rings. The van der Waals surface area contributed by atoms with Gasteiger partial charge < -0.3 is 10.1 Å². The number of amides is 1. The summed E-state index contributed by atoms with van der Waals surface area (Å²) < 4.78 is 5.17. The maximum absolute atomic E-state index is 12.2. The molecular formula is C21H25NO3. The van der Waals surface area contributed by atoms with E-state index in [2.05, 4.69) is 19.2 Å². The molecule has 0 atom stereocenters. The van der Waals surface area contributed by atoms with Crippen molar-refractivity contribution in [1.82, 2.24) is 0 Å². The summed E-state index contributed by atoms with van der Waals surface area (Å²) in [4.78, 5) is 24.4. The number of esters is 1. The van der Waals surface area contributed by atoms with Crippen molar-refractivity contribution in [2.45, 2.75) is 40.5 Å². The monoisotopic (exact) mass is 339 g/mol. The molecule has 0 aliphatic rings. The second-order valence-electron chi connectivity index (χ2n) is 6.64. The first kappa shape index (κ1) is 18.7. The third-order valence-corrected chi connectivity index (χ3v) is 4.13. The Morgan fingerprint density at radius 2 is 1.76 bits per heavy atom. The van der Waals surface area contributed by atoms with Crippen LogP contribution in [0.2, 0.25) is 0 Å². The number of hydrogen-bond acceptors (Lipinski definition) is 3. The van der Waals surface area contributed by atoms with E-state index in [-0.39, 0.29) is 18.4 Å². The summed E-state index contributed by atoms with van der Waals surface area (Å²) in [7, 11) is 0. The maximum Gasteiger partial charge on any atom is 0.338 e. The topological polar surface area (TPSA) is 55.4 Å². The van der Waals surface area contributed by atoms with Crippen molar-refractivity contribution in [2.75, 3.05) is 11.9 Å². The Balaban J connectivity index is 2.03. The molecule has 1 amide bonds. The number of ether oxygens (including phenoxy) is 1. The molecule has 0 spiro atoms. The third-order valence-electron chi connectivity index (χ3n) is 4.13. The summed E-state index contributed by atoms with van der Waals surface area (Å²) in [6, 6.07) is 11.4. The summed E-state index contributed by atoms with van der Waals surface area (Å²) in [5.41, 5.74) is 5.25. The molecule has 0 saturated carbocycles. The summed E-state index contributed by atoms with van der Waals surface area (Å²) >= 11 is 0. The van der Waals surface area contributed by atoms with Crippen LogP contribution >= 0.6 is 0 Å². The van der Waals surface area contributed by atoms with Crippen LogP contribution < -0.4 is 5.32 Å². The smallest absolute Gasteiger partial charge is 0.338 e. The Hall–Kier alpha value is -2.62. The largest absolute Gasteiger partial charge is 0.452 e. The van der Waals surface area contributed by atoms with Crippen LogP contribution in [0, 0.1) is 20.8 Å². The predicted octanol–water partition coefficient (Wildman–Crippen LogP) is 4.53. The van der Waals surface area contributed by atoms with Crippen molar-refractivity contribution in [3.8, 4) is 0 Å². The summed E-state index contributed by atoms with van der Waals surface area (Å²) in [6.07, 6.45) is 0. The number of carbonyl (C=O) groups excluding carboxylic acids is 2. The van der Waals surface area contributed by atoms with Gasteiger partial charge in [-0.15, -0.1) is 0 Å². The van der Waals surface area contributed by atoms with Crippen LogP contribution in [0.5, 0.6) is 0 Å². The fourth-order valence-electron chi connectivity index (χ4n) is 2.77. The van der Waals surface area contributed by atoms with Gasteiger partial charge in [-0.1, -0.05) is 49.7 Å². The first-order chi connectivity index (χ1) is 11.8. The molecule has 0 aliphatic heterocycles. The van der Waals surface area contributed by atoms with Gasteiger partial charge in [0.25, 0.3) is 5.91 Å². The molecule has 4 heteroatoms. The Kier molecular flexibility index (Phi) is 5.97. The van der Waals surface area contributed by atoms with Crippen molar-refractivity contribution < 1.29 is 14.3 Å². The lowest BCUT2D eigenvalue weighted by molar-refractivity contribution is -0.119. The quantitative estimate of drug-likeness (QED) is 0.814. The van der Waals surface area contributed by atoms with Crippen LogP contribution in [0.25, 0.3) is 0 Å². The number of para-hydroxylation sites is 1. The summed E-state index contributed by atoms with van der Waals surface area (Å²) in [5, 5.41) is 2.87. The molecule has 0 aromatic heterocycles. The van der Waals surface area contributed by atoms with Gasteiger partial charge >= 0.3 is 5.97 Å². The molecule has 0 radical (unpaired) electrons. The zero-order valence-corrected chi connectivity index (χ0v) is 15.5. The number of carbonyl (C=O) groups is 2. The van der Waals surface area contributed by atoms with Crippen LogP contribution in [-0.4, -0.2) is 18.5 Å². The second-order valence-corrected chi connectivity index (χ2v) is 6.64. The molecule has 0 unspecified atom stereocenters. The van der Waals surface area contributed by atoms with E-state index in [1.807, 2.05) is 51.1 Å². The predicted molar refractivity (Wildman–Crippen MR) is 100 cm³/mol. The van der Waals surface area contributed by atoms with Gasteiger partial charge in [0.2, 0.25) is 0 Å². The van der Waals surface area contributed by atoms with Crippen molar-refractivity contribution in [2.24, 2.45) is 0 Å². The van der Waals surface area contributed by atoms with E-state index in [1.54, 1.807) is 6.07 Å². The molecule has 2 aromatic carbocycles. The molecule has 0 aliphatic carbocycles. The van der Waals surface area contributed by atoms with Crippen LogP contribution in [0.15, 0.2) is 36.4 Å². The van der Waals surface area contributed by atoms with Gasteiger partial charge in [0.1, 0.15) is 0 Å². The van der Waals surface area contributed by atoms with Crippen LogP contribution in [0.4, 0.5) is 5.69 Å². The lowest BCUT2D eigenvalue weighted by atomic mass is 9.98. The Morgan fingerprint density at radius 1 is 1.04 bits per heavy atom. The molecule has 132 valence electrons. The van der Waals surface area contributed by atoms with E-state index in [0.717, 1.165) is 27.9 Å². The molecule has 0 bridgehead atoms. The molecule has 2 aromatic rings. The number of nitrogens with one attached hydrogen (secondary N) is 1. The highest BCUT2D eigenvalue weighted by Crippen LogP contribution is 2.27. The fraction of sp³-hybridized carbons (Fsp3) is 0.333. The van der Waals surface area contributed by atoms with Crippen LogP contribution in [0.1, 0.15) is 52.4 Å². The van der Waals surface area contributed by atoms with E-state index in [1.165, 1.54) is 0 Å². The molecule has 4 nitrogen and oxygen atoms in total. The van der Waals surface area contributed by atoms with E-state index in [9.17, 15) is 9.59 Å². The number of anilines is 1. The van der Waals surface area contributed by atoms with Crippen LogP contribution in [-0.2, 0) is 9.53 Å². The van der Waals surface area contributed by atoms with Crippen molar-refractivity contribution in [1.29, 1.82) is 0 Å². The van der Waals surface area contributed by atoms with Gasteiger partial charge in [0, 0.05) is 5.69 Å². The van der Waals surface area contributed by atoms with E-state index in [4.69, 9.17) is 4.74 Å². The molecule has 0 heterocycles. The van der Waals surface area contributed by atoms with Crippen molar-refractivity contribution in [3.63, 3.8) is 0 Å². The highest BCUT2D eigenvalue weighted by atomic mass is 16.5. The SMILES string of the molecule is Cc1ccc(C(=O)OCC(=O)Nc2c(C)cccc2C(C)C)c(C)c1. The zero-order chi connectivity index (χ0) is 18.6. The lowest BCUT2D eigenvalue weighted by Gasteiger charge is -2.16. The first-order valence-electron chi connectivity index (χ1n) is 8.43. The highest BCUT2D eigenvalue weighted by molar-refractivity contribution is 5.97. The van der Waals surface area contributed by atoms with Gasteiger partial charge in [-0.2, -0.15) is 0 Å². The zero-order valence-electron chi connectivity index (χ0n) is 15.5. The van der Waals surface area contributed by atoms with Crippen molar-refractivity contribution in [3.05, 3.63) is 64.2 Å². The highest BCUT2D eigenvalue weighted by Gasteiger charge is 2.15. The standard InChI is InChI=1S/C21H25NO3/c1-13(2)17-8-6-7-15(4)20(17)22-19(23)12-25-21(24)18-10-9-14(3)11-16(18)5/h6-11,13H,12H2,1-5H3,(H,22,23). The number of hydrogen-bond donors (Lipinski definition) is 1. The Bertz CT molecular complexity index is 794. The molecule has 2 rings (SSSR count). The summed E-state index contributed by atoms with van der Waals surface area (Å²) in [5.74, 6) is -0.538. The number of benzene rings is 2. The van der Waals surface area contributed by atoms with Gasteiger partial charge in [-0.3, -0.25) is 4.79 Å². The fourth-order valence-corrected chi connectivity index (χ4v) is 2.77. The molecule has 25 heavy (non-hydrogen) atoms. The maximum atomic E-state index is 12.2. The minimum atomic E-state index is -0.485. The summed E-state index contributed by atoms with van der Waals surface area (Å²) in [6.45, 7) is 9.60. The van der Waals surface area contributed by atoms with Crippen LogP contribution in [0.3, 0.4) is 0 Å². The molecular weight excluding hydrogens is 314 g/mol. The van der Waals surface area contributed by atoms with E-state index in [0.29, 0.717) is 5.56 Å². The van der Waals surface area contributed by atoms with E-state index < -0.39 is 5.97 Å². The Labute approximate surface area is 149 Å². The van der Waals surface area contributed by atoms with Gasteiger partial charge in [-0.05, 0) is 49.4 Å². The van der Waals surface area contributed by atoms with Gasteiger partial charge in [-0.25, -0.2) is 4.79 Å². The third kappa shape index (κ3) is 4.69. The minimum absolute atomic E-state index is 0.285. The molecule has 1 N–H and O–H groups in total. The minimum Gasteiger partial charge on any atom is -0.452 e. The van der Waals surface area contributed by atoms with Gasteiger partial charge in [0.05, 0.1) is 5.56 Å². The second kappa shape index (κ2) is 7.97. The number of aryl methyl sites for hydroxylation is 3. The average Bonchev–Trinajstić information content (AvgIpc) is 2.54. The Morgan fingerprint density at radius 3 is 2.40 bits per heavy atom. The normalized spacial score (nSPS) is 10.6. The first-order valence-corrected chi connectivity index (χ1v) is 8.43. The number of rotatable bonds is 5. The lowest BCUT2D eigenvalue weighted by Crippen LogP contribution is -2.22. The van der Waals surface area contributed by atoms with Crippen molar-refractivity contribution >= 4 is 17.6 Å². The average molecular weight is 339 g/mol. The van der Waals surface area contributed by atoms with Gasteiger partial charge in [0.15, 0.2) is 6.61 Å².